The van der Waals surface area contributed by atoms with Crippen LogP contribution in [-0.4, -0.2) is 64.6 Å². The summed E-state index contributed by atoms with van der Waals surface area (Å²) in [6.07, 6.45) is 4.21. The second-order valence-electron chi connectivity index (χ2n) is 9.85. The Morgan fingerprint density at radius 2 is 1.94 bits per heavy atom. The summed E-state index contributed by atoms with van der Waals surface area (Å²) in [6, 6.07) is 5.69. The maximum atomic E-state index is 13.1. The maximum Gasteiger partial charge on any atom is 0.223 e. The van der Waals surface area contributed by atoms with E-state index in [4.69, 9.17) is 4.74 Å². The van der Waals surface area contributed by atoms with Gasteiger partial charge < -0.3 is 24.2 Å². The number of rotatable bonds is 6. The average molecular weight is 440 g/mol. The molecule has 3 aliphatic rings. The predicted octanol–water partition coefficient (Wildman–Crippen LogP) is 2.74. The molecule has 1 atom stereocenters. The first-order valence-corrected chi connectivity index (χ1v) is 11.8. The van der Waals surface area contributed by atoms with Crippen molar-refractivity contribution >= 4 is 22.7 Å². The zero-order valence-electron chi connectivity index (χ0n) is 19.3. The number of nitrogens with zero attached hydrogens (tertiary/aromatic N) is 3. The summed E-state index contributed by atoms with van der Waals surface area (Å²) < 4.78 is 7.56. The summed E-state index contributed by atoms with van der Waals surface area (Å²) in [6.45, 7) is 3.68. The van der Waals surface area contributed by atoms with E-state index in [1.165, 1.54) is 5.56 Å². The number of aliphatic hydroxyl groups is 1. The molecule has 0 unspecified atom stereocenters. The van der Waals surface area contributed by atoms with Crippen molar-refractivity contribution in [1.29, 1.82) is 0 Å². The third-order valence-electron chi connectivity index (χ3n) is 7.61. The third-order valence-corrected chi connectivity index (χ3v) is 7.61. The summed E-state index contributed by atoms with van der Waals surface area (Å²) in [5, 5.41) is 11.5. The van der Waals surface area contributed by atoms with Crippen LogP contribution < -0.4 is 4.74 Å². The quantitative estimate of drug-likeness (QED) is 0.751. The van der Waals surface area contributed by atoms with Crippen LogP contribution in [0.15, 0.2) is 18.2 Å². The van der Waals surface area contributed by atoms with Gasteiger partial charge in [-0.2, -0.15) is 0 Å². The Hall–Kier alpha value is -2.54. The lowest BCUT2D eigenvalue weighted by molar-refractivity contribution is -0.145. The van der Waals surface area contributed by atoms with Gasteiger partial charge in [-0.25, -0.2) is 0 Å². The number of ether oxygens (including phenoxy) is 1. The smallest absolute Gasteiger partial charge is 0.223 e. The van der Waals surface area contributed by atoms with E-state index in [0.29, 0.717) is 38.4 Å². The number of aryl methyl sites for hydroxylation is 1. The Morgan fingerprint density at radius 1 is 1.19 bits per heavy atom. The zero-order valence-corrected chi connectivity index (χ0v) is 19.3. The summed E-state index contributed by atoms with van der Waals surface area (Å²) in [5.74, 6) is 1.64. The molecule has 2 aromatic rings. The van der Waals surface area contributed by atoms with Gasteiger partial charge in [-0.15, -0.1) is 0 Å². The summed E-state index contributed by atoms with van der Waals surface area (Å²) in [4.78, 5) is 29.7. The van der Waals surface area contributed by atoms with E-state index >= 15 is 0 Å². The van der Waals surface area contributed by atoms with Gasteiger partial charge in [0, 0.05) is 56.7 Å². The normalized spacial score (nSPS) is 21.6. The molecule has 2 fully saturated rings. The number of benzene rings is 1. The fraction of sp³-hybridized carbons (Fsp3) is 0.600. The number of carbonyl (C=O) groups is 2. The first-order chi connectivity index (χ1) is 15.4. The fourth-order valence-electron chi connectivity index (χ4n) is 5.79. The molecule has 1 aromatic heterocycles. The number of aliphatic hydroxyl groups excluding tert-OH is 1. The molecule has 5 rings (SSSR count). The van der Waals surface area contributed by atoms with Gasteiger partial charge in [0.1, 0.15) is 5.75 Å². The van der Waals surface area contributed by atoms with Crippen LogP contribution in [0.5, 0.6) is 5.75 Å². The lowest BCUT2D eigenvalue weighted by atomic mass is 9.68. The van der Waals surface area contributed by atoms with Gasteiger partial charge in [0.05, 0.1) is 30.7 Å². The maximum absolute atomic E-state index is 13.1. The molecule has 1 saturated heterocycles. The molecular formula is C25H33N3O4. The molecule has 2 aliphatic heterocycles. The summed E-state index contributed by atoms with van der Waals surface area (Å²) in [5.41, 5.74) is 2.91. The van der Waals surface area contributed by atoms with Gasteiger partial charge >= 0.3 is 0 Å². The number of methoxy groups -OCH3 is 1. The van der Waals surface area contributed by atoms with Crippen LogP contribution >= 0.6 is 0 Å². The van der Waals surface area contributed by atoms with Crippen molar-refractivity contribution in [3.63, 3.8) is 0 Å². The fourth-order valence-corrected chi connectivity index (χ4v) is 5.79. The topological polar surface area (TPSA) is 75.0 Å². The number of amides is 2. The van der Waals surface area contributed by atoms with Crippen molar-refractivity contribution in [2.75, 3.05) is 33.4 Å². The monoisotopic (exact) mass is 439 g/mol. The third kappa shape index (κ3) is 3.20. The van der Waals surface area contributed by atoms with Crippen molar-refractivity contribution < 1.29 is 19.4 Å². The number of aromatic nitrogens is 1. The standard InChI is InChI=1S/C25H33N3O4/c1-4-5-21(30)28-15-25(13-27(14-25)22(31)10-16-6-7-16)23-18-9-8-17(32-3)11-19(18)26(2)24(23)20(28)12-29/h8-9,11,16,20,29H,4-7,10,12-15H2,1-3H3/t20-/m1/s1. The van der Waals surface area contributed by atoms with Gasteiger partial charge in [-0.05, 0) is 42.9 Å². The number of fused-ring (bicyclic) bond motifs is 4. The second kappa shape index (κ2) is 7.80. The predicted molar refractivity (Wildman–Crippen MR) is 122 cm³/mol. The zero-order chi connectivity index (χ0) is 22.6. The Balaban J connectivity index is 1.60. The van der Waals surface area contributed by atoms with Gasteiger partial charge in [0.15, 0.2) is 0 Å². The highest BCUT2D eigenvalue weighted by Crippen LogP contribution is 2.50. The lowest BCUT2D eigenvalue weighted by Crippen LogP contribution is -2.68. The first-order valence-electron chi connectivity index (χ1n) is 11.8. The molecule has 1 N–H and O–H groups in total. The molecule has 1 aliphatic carbocycles. The summed E-state index contributed by atoms with van der Waals surface area (Å²) in [7, 11) is 3.65. The molecule has 1 saturated carbocycles. The van der Waals surface area contributed by atoms with Crippen LogP contribution in [0.25, 0.3) is 10.9 Å². The van der Waals surface area contributed by atoms with Crippen LogP contribution in [0.2, 0.25) is 0 Å². The average Bonchev–Trinajstić information content (AvgIpc) is 3.53. The van der Waals surface area contributed by atoms with Crippen LogP contribution in [0.3, 0.4) is 0 Å². The molecule has 3 heterocycles. The number of hydrogen-bond donors (Lipinski definition) is 1. The molecule has 2 amide bonds. The van der Waals surface area contributed by atoms with Gasteiger partial charge in [0.25, 0.3) is 0 Å². The molecule has 0 radical (unpaired) electrons. The van der Waals surface area contributed by atoms with Crippen molar-refractivity contribution in [1.82, 2.24) is 14.4 Å². The molecule has 0 bridgehead atoms. The highest BCUT2D eigenvalue weighted by Gasteiger charge is 2.55. The van der Waals surface area contributed by atoms with Crippen LogP contribution in [0, 0.1) is 5.92 Å². The SMILES string of the molecule is CCCC(=O)N1CC2(CN(C(=O)CC3CC3)C2)c2c(n(C)c3cc(OC)ccc23)[C@H]1CO. The minimum Gasteiger partial charge on any atom is -0.497 e. The van der Waals surface area contributed by atoms with Crippen LogP contribution in [0.1, 0.15) is 56.3 Å². The van der Waals surface area contributed by atoms with E-state index in [0.717, 1.165) is 41.6 Å². The lowest BCUT2D eigenvalue weighted by Gasteiger charge is -2.56. The number of likely N-dealkylation sites (tertiary alicyclic amines) is 1. The van der Waals surface area contributed by atoms with E-state index in [2.05, 4.69) is 10.6 Å². The minimum atomic E-state index is -0.380. The van der Waals surface area contributed by atoms with Crippen LogP contribution in [-0.2, 0) is 22.1 Å². The van der Waals surface area contributed by atoms with Crippen molar-refractivity contribution in [3.05, 3.63) is 29.5 Å². The Kier molecular flexibility index (Phi) is 5.19. The van der Waals surface area contributed by atoms with E-state index in [-0.39, 0.29) is 29.9 Å². The minimum absolute atomic E-state index is 0.0715. The molecule has 1 aromatic carbocycles. The van der Waals surface area contributed by atoms with Gasteiger partial charge in [-0.3, -0.25) is 9.59 Å². The van der Waals surface area contributed by atoms with Crippen molar-refractivity contribution in [2.45, 2.75) is 50.5 Å². The first kappa shape index (κ1) is 21.3. The molecular weight excluding hydrogens is 406 g/mol. The Labute approximate surface area is 188 Å². The molecule has 7 heteroatoms. The Morgan fingerprint density at radius 3 is 2.56 bits per heavy atom. The molecule has 7 nitrogen and oxygen atoms in total. The van der Waals surface area contributed by atoms with Crippen molar-refractivity contribution in [2.24, 2.45) is 13.0 Å². The van der Waals surface area contributed by atoms with Crippen molar-refractivity contribution in [3.8, 4) is 5.75 Å². The molecule has 172 valence electrons. The largest absolute Gasteiger partial charge is 0.497 e. The number of hydrogen-bond acceptors (Lipinski definition) is 4. The van der Waals surface area contributed by atoms with Gasteiger partial charge in [0.2, 0.25) is 11.8 Å². The van der Waals surface area contributed by atoms with E-state index < -0.39 is 0 Å². The Bertz CT molecular complexity index is 1060. The van der Waals surface area contributed by atoms with E-state index in [1.807, 2.05) is 35.9 Å². The van der Waals surface area contributed by atoms with Crippen LogP contribution in [0.4, 0.5) is 0 Å². The molecule has 32 heavy (non-hydrogen) atoms. The van der Waals surface area contributed by atoms with Gasteiger partial charge in [-0.1, -0.05) is 6.92 Å². The number of carbonyl (C=O) groups excluding carboxylic acids is 2. The second-order valence-corrected chi connectivity index (χ2v) is 9.85. The van der Waals surface area contributed by atoms with E-state index in [9.17, 15) is 14.7 Å². The highest BCUT2D eigenvalue weighted by molar-refractivity contribution is 5.90. The highest BCUT2D eigenvalue weighted by atomic mass is 16.5. The summed E-state index contributed by atoms with van der Waals surface area (Å²) >= 11 is 0. The molecule has 1 spiro atoms. The van der Waals surface area contributed by atoms with E-state index in [1.54, 1.807) is 7.11 Å².